The summed E-state index contributed by atoms with van der Waals surface area (Å²) in [6.45, 7) is -0.796. The van der Waals surface area contributed by atoms with Crippen LogP contribution in [0.1, 0.15) is 0 Å². The van der Waals surface area contributed by atoms with E-state index in [4.69, 9.17) is 28.9 Å². The monoisotopic (exact) mass is 458 g/mol. The molecule has 1 aliphatic rings. The van der Waals surface area contributed by atoms with Crippen molar-refractivity contribution in [1.29, 1.82) is 0 Å². The lowest BCUT2D eigenvalue weighted by Gasteiger charge is -2.23. The van der Waals surface area contributed by atoms with Crippen LogP contribution >= 0.6 is 23.5 Å². The molecule has 0 aliphatic carbocycles. The Morgan fingerprint density at radius 1 is 1.04 bits per heavy atom. The predicted octanol–water partition coefficient (Wildman–Crippen LogP) is -1.15. The first kappa shape index (κ1) is 24.7. The molecule has 19 heteroatoms. The van der Waals surface area contributed by atoms with E-state index in [-0.39, 0.29) is 0 Å². The van der Waals surface area contributed by atoms with Gasteiger partial charge in [-0.05, 0) is 0 Å². The van der Waals surface area contributed by atoms with Gasteiger partial charge in [0.1, 0.15) is 20.1 Å². The van der Waals surface area contributed by atoms with Crippen LogP contribution in [-0.4, -0.2) is 78.7 Å². The third kappa shape index (κ3) is 8.28. The molecule has 15 nitrogen and oxygen atoms in total. The van der Waals surface area contributed by atoms with Crippen LogP contribution in [0.5, 0.6) is 0 Å². The van der Waals surface area contributed by atoms with Gasteiger partial charge in [0.05, 0.1) is 19.7 Å². The number of carbonyl (C=O) groups is 1. The number of ether oxygens (including phenoxy) is 4. The number of phosphoric ester groups is 1. The molecule has 0 saturated carbocycles. The summed E-state index contributed by atoms with van der Waals surface area (Å²) in [6.07, 6.45) is -4.19. The number of methoxy groups -OCH3 is 2. The molecule has 6 atom stereocenters. The molecular formula is C8H18BO15P3. The zero-order valence-electron chi connectivity index (χ0n) is 14.1. The second kappa shape index (κ2) is 9.44. The number of carbonyl (C=O) groups excluding carboxylic acids is 1. The fourth-order valence-electron chi connectivity index (χ4n) is 2.14. The van der Waals surface area contributed by atoms with Crippen molar-refractivity contribution in [3.8, 4) is 0 Å². The minimum atomic E-state index is -5.64. The molecule has 1 aliphatic heterocycles. The van der Waals surface area contributed by atoms with Crippen LogP contribution < -0.4 is 0 Å². The maximum atomic E-state index is 11.7. The molecule has 4 N–H and O–H groups in total. The molecule has 0 aromatic rings. The fourth-order valence-corrected chi connectivity index (χ4v) is 5.17. The lowest BCUT2D eigenvalue weighted by molar-refractivity contribution is -0.0459. The van der Waals surface area contributed by atoms with E-state index in [9.17, 15) is 23.4 Å². The van der Waals surface area contributed by atoms with Gasteiger partial charge in [0.2, 0.25) is 0 Å². The number of hydrogen-bond acceptors (Lipinski definition) is 11. The highest BCUT2D eigenvalue weighted by Gasteiger charge is 2.47. The van der Waals surface area contributed by atoms with Crippen molar-refractivity contribution in [3.05, 3.63) is 0 Å². The molecule has 0 aromatic heterocycles. The molecule has 27 heavy (non-hydrogen) atoms. The molecule has 0 bridgehead atoms. The van der Waals surface area contributed by atoms with Crippen molar-refractivity contribution in [1.82, 2.24) is 0 Å². The quantitative estimate of drug-likeness (QED) is 0.182. The van der Waals surface area contributed by atoms with Crippen molar-refractivity contribution in [2.45, 2.75) is 24.3 Å². The molecule has 0 radical (unpaired) electrons. The predicted molar refractivity (Wildman–Crippen MR) is 85.1 cm³/mol. The highest BCUT2D eigenvalue weighted by molar-refractivity contribution is 7.66. The molecule has 1 heterocycles. The second-order valence-corrected chi connectivity index (χ2v) is 9.42. The topological polar surface area (TPSA) is 214 Å². The van der Waals surface area contributed by atoms with Crippen LogP contribution in [0.3, 0.4) is 0 Å². The Kier molecular flexibility index (Phi) is 8.64. The van der Waals surface area contributed by atoms with E-state index in [0.29, 0.717) is 0 Å². The van der Waals surface area contributed by atoms with Crippen molar-refractivity contribution < 1.29 is 70.2 Å². The number of rotatable bonds is 9. The molecule has 0 aromatic carbocycles. The first-order valence-electron chi connectivity index (χ1n) is 6.91. The Hall–Kier alpha value is -0.335. The maximum Gasteiger partial charge on any atom is 0.508 e. The third-order valence-electron chi connectivity index (χ3n) is 3.03. The lowest BCUT2D eigenvalue weighted by Crippen LogP contribution is -2.40. The molecule has 1 rings (SSSR count). The summed E-state index contributed by atoms with van der Waals surface area (Å²) in [7, 11) is -12.6. The van der Waals surface area contributed by atoms with E-state index in [1.54, 1.807) is 7.85 Å². The van der Waals surface area contributed by atoms with Crippen LogP contribution in [-0.2, 0) is 45.8 Å². The van der Waals surface area contributed by atoms with E-state index in [1.165, 1.54) is 7.11 Å². The summed E-state index contributed by atoms with van der Waals surface area (Å²) < 4.78 is 64.9. The second-order valence-electron chi connectivity index (χ2n) is 5.00. The third-order valence-corrected chi connectivity index (χ3v) is 6.83. The fraction of sp³-hybridized carbons (Fsp3) is 0.875. The molecule has 5 unspecified atom stereocenters. The average molecular weight is 458 g/mol. The molecule has 1 saturated heterocycles. The van der Waals surface area contributed by atoms with Crippen LogP contribution in [0.4, 0.5) is 4.79 Å². The van der Waals surface area contributed by atoms with Crippen LogP contribution in [0.15, 0.2) is 0 Å². The Bertz CT molecular complexity index is 663. The Morgan fingerprint density at radius 3 is 2.11 bits per heavy atom. The summed E-state index contributed by atoms with van der Waals surface area (Å²) in [5.74, 6) is 0. The summed E-state index contributed by atoms with van der Waals surface area (Å²) >= 11 is 0. The molecule has 1 fully saturated rings. The lowest BCUT2D eigenvalue weighted by atomic mass is 9.93. The van der Waals surface area contributed by atoms with Gasteiger partial charge in [-0.3, -0.25) is 4.52 Å². The standard InChI is InChI=1S/C8H18BO15P3/c1-18-6-5(22-8(10)19-2)4(21-7(6)9)3-20-26(14,15)24-27(16,17)23-25(11,12)13/h4-7H,3,9H2,1-2H3,(H,14,15)(H,16,17)(H2,11,12,13)/t4-,5?,6?,7?/m0/s1. The summed E-state index contributed by atoms with van der Waals surface area (Å²) in [5.41, 5.74) is 0. The van der Waals surface area contributed by atoms with Crippen LogP contribution in [0.2, 0.25) is 0 Å². The molecule has 158 valence electrons. The zero-order chi connectivity index (χ0) is 21.0. The minimum Gasteiger partial charge on any atom is -0.438 e. The molecule has 0 spiro atoms. The van der Waals surface area contributed by atoms with E-state index < -0.39 is 60.5 Å². The van der Waals surface area contributed by atoms with Crippen molar-refractivity contribution in [2.24, 2.45) is 0 Å². The average Bonchev–Trinajstić information content (AvgIpc) is 2.76. The SMILES string of the molecule is BC1O[C@@H](COP(=O)(O)OP(=O)(O)OP(=O)(O)O)C(OC(=O)OC)C1OC. The van der Waals surface area contributed by atoms with Crippen molar-refractivity contribution in [2.75, 3.05) is 20.8 Å². The minimum absolute atomic E-state index is 0.640. The van der Waals surface area contributed by atoms with Crippen molar-refractivity contribution >= 4 is 37.5 Å². The first-order chi connectivity index (χ1) is 12.2. The Labute approximate surface area is 153 Å². The van der Waals surface area contributed by atoms with Gasteiger partial charge in [0, 0.05) is 7.11 Å². The van der Waals surface area contributed by atoms with Crippen molar-refractivity contribution in [3.63, 3.8) is 0 Å². The van der Waals surface area contributed by atoms with Gasteiger partial charge in [-0.25, -0.2) is 18.5 Å². The normalized spacial score (nSPS) is 30.3. The van der Waals surface area contributed by atoms with Gasteiger partial charge < -0.3 is 38.5 Å². The number of hydrogen-bond donors (Lipinski definition) is 4. The van der Waals surface area contributed by atoms with Gasteiger partial charge in [-0.15, -0.1) is 0 Å². The summed E-state index contributed by atoms with van der Waals surface area (Å²) in [5, 5.41) is 0. The van der Waals surface area contributed by atoms with Gasteiger partial charge >= 0.3 is 29.6 Å². The highest BCUT2D eigenvalue weighted by atomic mass is 31.3. The van der Waals surface area contributed by atoms with E-state index >= 15 is 0 Å². The smallest absolute Gasteiger partial charge is 0.438 e. The molecular weight excluding hydrogens is 440 g/mol. The van der Waals surface area contributed by atoms with Gasteiger partial charge in [0.25, 0.3) is 0 Å². The van der Waals surface area contributed by atoms with E-state index in [1.807, 2.05) is 0 Å². The maximum absolute atomic E-state index is 11.7. The van der Waals surface area contributed by atoms with Gasteiger partial charge in [-0.2, -0.15) is 8.62 Å². The Morgan fingerprint density at radius 2 is 1.63 bits per heavy atom. The van der Waals surface area contributed by atoms with E-state index in [0.717, 1.165) is 7.11 Å². The zero-order valence-corrected chi connectivity index (χ0v) is 16.8. The van der Waals surface area contributed by atoms with E-state index in [2.05, 4.69) is 17.9 Å². The van der Waals surface area contributed by atoms with Crippen LogP contribution in [0.25, 0.3) is 0 Å². The number of phosphoric acid groups is 3. The molecule has 0 amide bonds. The summed E-state index contributed by atoms with van der Waals surface area (Å²) in [4.78, 5) is 46.7. The highest BCUT2D eigenvalue weighted by Crippen LogP contribution is 2.66. The Balaban J connectivity index is 2.78. The largest absolute Gasteiger partial charge is 0.508 e. The van der Waals surface area contributed by atoms with Gasteiger partial charge in [0.15, 0.2) is 6.10 Å². The first-order valence-corrected chi connectivity index (χ1v) is 11.4. The van der Waals surface area contributed by atoms with Crippen LogP contribution in [0, 0.1) is 0 Å². The van der Waals surface area contributed by atoms with Gasteiger partial charge in [-0.1, -0.05) is 0 Å². The summed E-state index contributed by atoms with van der Waals surface area (Å²) in [6, 6.07) is -0.640.